The molecule has 0 radical (unpaired) electrons. The Morgan fingerprint density at radius 2 is 1.67 bits per heavy atom. The van der Waals surface area contributed by atoms with Crippen molar-refractivity contribution in [2.24, 2.45) is 0 Å². The van der Waals surface area contributed by atoms with Crippen molar-refractivity contribution in [3.63, 3.8) is 0 Å². The molecule has 2 aromatic rings. The zero-order valence-electron chi connectivity index (χ0n) is 28.4. The maximum atomic E-state index is 14.0. The summed E-state index contributed by atoms with van der Waals surface area (Å²) < 4.78 is 141. The van der Waals surface area contributed by atoms with E-state index < -0.39 is 142 Å². The van der Waals surface area contributed by atoms with E-state index in [1.54, 1.807) is 0 Å². The van der Waals surface area contributed by atoms with Gasteiger partial charge in [0.15, 0.2) is 17.9 Å². The number of methoxy groups -OCH3 is 2. The summed E-state index contributed by atoms with van der Waals surface area (Å²) in [5, 5.41) is 24.9. The fraction of sp³-hybridized carbons (Fsp3) is 0.500. The van der Waals surface area contributed by atoms with E-state index in [2.05, 4.69) is 4.18 Å². The predicted molar refractivity (Wildman–Crippen MR) is 164 cm³/mol. The topological polar surface area (TPSA) is 220 Å². The number of benzene rings is 2. The first-order chi connectivity index (χ1) is 25.5. The number of carbonyl (C=O) groups excluding carboxylic acids is 4. The molecule has 300 valence electrons. The Labute approximate surface area is 305 Å². The molecule has 7 atom stereocenters. The second kappa shape index (κ2) is 14.0. The van der Waals surface area contributed by atoms with Crippen LogP contribution in [0.3, 0.4) is 0 Å². The number of phenols is 2. The van der Waals surface area contributed by atoms with Crippen LogP contribution in [0.25, 0.3) is 0 Å². The largest absolute Gasteiger partial charge is 0.523 e. The number of nitrogens with one attached hydrogen (secondary N) is 1. The first-order valence-electron chi connectivity index (χ1n) is 16.0. The number of hydrogen-bond donors (Lipinski definition) is 3. The average molecular weight is 814 g/mol. The predicted octanol–water partition coefficient (Wildman–Crippen LogP) is 2.59. The first-order valence-corrected chi connectivity index (χ1v) is 17.4. The minimum atomic E-state index is -6.47. The van der Waals surface area contributed by atoms with Crippen LogP contribution in [0, 0.1) is 0 Å². The van der Waals surface area contributed by atoms with Gasteiger partial charge in [-0.3, -0.25) is 23.4 Å². The fourth-order valence-corrected chi connectivity index (χ4v) is 7.74. The molecule has 2 aromatic carbocycles. The second-order valence-electron chi connectivity index (χ2n) is 12.8. The molecule has 16 nitrogen and oxygen atoms in total. The van der Waals surface area contributed by atoms with Crippen molar-refractivity contribution in [2.75, 3.05) is 20.8 Å². The monoisotopic (exact) mass is 813 g/mol. The van der Waals surface area contributed by atoms with Gasteiger partial charge in [-0.25, -0.2) is 0 Å². The van der Waals surface area contributed by atoms with Crippen LogP contribution in [0.2, 0.25) is 0 Å². The molecule has 1 spiro atoms. The van der Waals surface area contributed by atoms with Crippen LogP contribution in [-0.2, 0) is 54.0 Å². The Bertz CT molecular complexity index is 2070. The lowest BCUT2D eigenvalue weighted by atomic mass is 9.71. The summed E-state index contributed by atoms with van der Waals surface area (Å²) in [4.78, 5) is 53.2. The Kier molecular flexibility index (Phi) is 10.2. The molecule has 2 heterocycles. The summed E-state index contributed by atoms with van der Waals surface area (Å²) in [5.41, 5.74) is -10.7. The highest BCUT2D eigenvalue weighted by Crippen LogP contribution is 2.54. The highest BCUT2D eigenvalue weighted by molar-refractivity contribution is 7.87. The number of hydrogen-bond acceptors (Lipinski definition) is 15. The van der Waals surface area contributed by atoms with E-state index in [1.165, 1.54) is 30.6 Å². The Morgan fingerprint density at radius 1 is 1.00 bits per heavy atom. The quantitative estimate of drug-likeness (QED) is 0.135. The number of halogens is 6. The summed E-state index contributed by atoms with van der Waals surface area (Å²) in [6.45, 7) is -1.24. The molecule has 2 fully saturated rings. The van der Waals surface area contributed by atoms with Gasteiger partial charge in [-0.2, -0.15) is 34.8 Å². The minimum absolute atomic E-state index is 0.0717. The third-order valence-electron chi connectivity index (χ3n) is 9.52. The summed E-state index contributed by atoms with van der Waals surface area (Å²) in [6.07, 6.45) is -15.8. The molecule has 3 N–H and O–H groups in total. The van der Waals surface area contributed by atoms with Gasteiger partial charge < -0.3 is 44.0 Å². The maximum absolute atomic E-state index is 14.0. The average Bonchev–Trinajstić information content (AvgIpc) is 3.10. The normalized spacial score (nSPS) is 28.3. The van der Waals surface area contributed by atoms with Gasteiger partial charge in [-0.15, -0.1) is 0 Å². The van der Waals surface area contributed by atoms with Crippen LogP contribution in [0.4, 0.5) is 26.3 Å². The van der Waals surface area contributed by atoms with Crippen LogP contribution < -0.4 is 10.1 Å². The van der Waals surface area contributed by atoms with E-state index in [9.17, 15) is 64.2 Å². The third kappa shape index (κ3) is 6.91. The standard InChI is InChI=1S/C32H29F6NO15S/c1-11-27(54-55(46,47)32(36,37)38)14(39-28(45)31(33,34)35)7-18(51-11)52-16-9-30(17(40)10-50-29(49-3)53-30)8-13-20(16)26(44)22-21(24(13)42)23(41)12-5-4-6-15(48-2)19(12)25(22)43/h4-6,11,14,16,18,27,29,42,44H,7-10H2,1-3H3,(H,39,45)/t11?,14?,16?,18-,27?,29?,30-/m0/s1. The van der Waals surface area contributed by atoms with Crippen molar-refractivity contribution in [1.82, 2.24) is 5.32 Å². The molecule has 23 heteroatoms. The van der Waals surface area contributed by atoms with Gasteiger partial charge in [0.1, 0.15) is 35.6 Å². The number of rotatable bonds is 7. The molecule has 0 aromatic heterocycles. The highest BCUT2D eigenvalue weighted by Gasteiger charge is 2.56. The lowest BCUT2D eigenvalue weighted by molar-refractivity contribution is -0.337. The Hall–Kier alpha value is -4.39. The molecule has 0 saturated carbocycles. The lowest BCUT2D eigenvalue weighted by Crippen LogP contribution is -2.59. The molecule has 2 aliphatic heterocycles. The SMILES string of the molecule is COc1cccc2c1C(=O)c1c(O)c3c(c(O)c1C2=O)C[C@@]1(CC3O[C@H]2CC(NC(=O)C(F)(F)F)C(OS(=O)(=O)C(F)(F)F)C(C)O2)OC(OC)OCC1=O. The number of amides is 1. The van der Waals surface area contributed by atoms with Crippen molar-refractivity contribution >= 4 is 33.4 Å². The molecular weight excluding hydrogens is 784 g/mol. The number of ether oxygens (including phenoxy) is 6. The van der Waals surface area contributed by atoms with Gasteiger partial charge in [0.05, 0.1) is 42.0 Å². The van der Waals surface area contributed by atoms with Gasteiger partial charge in [0, 0.05) is 43.1 Å². The van der Waals surface area contributed by atoms with Crippen LogP contribution in [0.1, 0.15) is 68.8 Å². The number of ketones is 3. The smallest absolute Gasteiger partial charge is 0.507 e. The van der Waals surface area contributed by atoms with Gasteiger partial charge in [0.25, 0.3) is 6.48 Å². The second-order valence-corrected chi connectivity index (χ2v) is 14.4. The molecule has 6 rings (SSSR count). The van der Waals surface area contributed by atoms with Gasteiger partial charge in [-0.05, 0) is 13.0 Å². The van der Waals surface area contributed by atoms with Crippen molar-refractivity contribution in [1.29, 1.82) is 0 Å². The zero-order valence-corrected chi connectivity index (χ0v) is 29.2. The van der Waals surface area contributed by atoms with Crippen molar-refractivity contribution in [3.8, 4) is 17.2 Å². The Morgan fingerprint density at radius 3 is 2.29 bits per heavy atom. The number of phenolic OH excluding ortho intramolecular Hbond substituents is 2. The van der Waals surface area contributed by atoms with Crippen LogP contribution in [0.15, 0.2) is 18.2 Å². The van der Waals surface area contributed by atoms with E-state index >= 15 is 0 Å². The maximum Gasteiger partial charge on any atom is 0.523 e. The number of carbonyl (C=O) groups is 4. The van der Waals surface area contributed by atoms with Gasteiger partial charge in [0.2, 0.25) is 5.78 Å². The molecule has 55 heavy (non-hydrogen) atoms. The van der Waals surface area contributed by atoms with Crippen molar-refractivity contribution in [3.05, 3.63) is 51.6 Å². The zero-order chi connectivity index (χ0) is 40.6. The molecular formula is C32H29F6NO15S. The molecule has 2 saturated heterocycles. The number of fused-ring (bicyclic) bond motifs is 3. The van der Waals surface area contributed by atoms with E-state index in [0.717, 1.165) is 14.0 Å². The van der Waals surface area contributed by atoms with Gasteiger partial charge >= 0.3 is 27.7 Å². The first kappa shape index (κ1) is 40.3. The molecule has 2 aliphatic carbocycles. The highest BCUT2D eigenvalue weighted by atomic mass is 32.2. The van der Waals surface area contributed by atoms with Crippen LogP contribution in [0.5, 0.6) is 17.2 Å². The van der Waals surface area contributed by atoms with Crippen LogP contribution in [-0.4, -0.2) is 111 Å². The summed E-state index contributed by atoms with van der Waals surface area (Å²) in [5.74, 6) is -7.30. The number of Topliss-reactive ketones (excluding diaryl/α,β-unsaturated/α-hetero) is 1. The fourth-order valence-electron chi connectivity index (χ4n) is 7.05. The van der Waals surface area contributed by atoms with E-state index in [1.807, 2.05) is 0 Å². The Balaban J connectivity index is 1.46. The number of aromatic hydroxyl groups is 2. The summed E-state index contributed by atoms with van der Waals surface area (Å²) in [7, 11) is -4.11. The van der Waals surface area contributed by atoms with Crippen LogP contribution >= 0.6 is 0 Å². The van der Waals surface area contributed by atoms with E-state index in [0.29, 0.717) is 0 Å². The minimum Gasteiger partial charge on any atom is -0.507 e. The molecule has 1 amide bonds. The molecule has 0 bridgehead atoms. The third-order valence-corrected chi connectivity index (χ3v) is 10.6. The van der Waals surface area contributed by atoms with Crippen molar-refractivity contribution in [2.45, 2.75) is 80.6 Å². The molecule has 5 unspecified atom stereocenters. The van der Waals surface area contributed by atoms with Gasteiger partial charge in [-0.1, -0.05) is 12.1 Å². The number of alkyl halides is 6. The van der Waals surface area contributed by atoms with E-state index in [4.69, 9.17) is 28.4 Å². The summed E-state index contributed by atoms with van der Waals surface area (Å²) >= 11 is 0. The lowest BCUT2D eigenvalue weighted by Gasteiger charge is -2.46. The van der Waals surface area contributed by atoms with Crippen molar-refractivity contribution < 1.29 is 96.8 Å². The van der Waals surface area contributed by atoms with E-state index in [-0.39, 0.29) is 22.4 Å². The summed E-state index contributed by atoms with van der Waals surface area (Å²) in [6, 6.07) is 1.81. The molecule has 4 aliphatic rings.